The molecule has 0 spiro atoms. The zero-order chi connectivity index (χ0) is 14.3. The van der Waals surface area contributed by atoms with Gasteiger partial charge in [0.2, 0.25) is 0 Å². The molecule has 5 heteroatoms. The number of imidazole rings is 1. The van der Waals surface area contributed by atoms with E-state index in [0.717, 1.165) is 19.5 Å². The van der Waals surface area contributed by atoms with E-state index in [0.29, 0.717) is 23.3 Å². The van der Waals surface area contributed by atoms with Crippen molar-refractivity contribution < 1.29 is 9.90 Å². The van der Waals surface area contributed by atoms with Crippen LogP contribution in [0.15, 0.2) is 24.4 Å². The van der Waals surface area contributed by atoms with E-state index >= 15 is 0 Å². The molecule has 106 valence electrons. The lowest BCUT2D eigenvalue weighted by Gasteiger charge is -2.18. The predicted molar refractivity (Wildman–Crippen MR) is 77.3 cm³/mol. The van der Waals surface area contributed by atoms with Gasteiger partial charge in [-0.25, -0.2) is 9.78 Å². The van der Waals surface area contributed by atoms with Gasteiger partial charge in [0, 0.05) is 19.3 Å². The monoisotopic (exact) mass is 273 g/mol. The minimum absolute atomic E-state index is 0.269. The molecule has 0 bridgehead atoms. The first kappa shape index (κ1) is 13.0. The van der Waals surface area contributed by atoms with Crippen LogP contribution in [-0.4, -0.2) is 33.6 Å². The quantitative estimate of drug-likeness (QED) is 0.933. The second kappa shape index (κ2) is 4.81. The highest BCUT2D eigenvalue weighted by Crippen LogP contribution is 2.30. The summed E-state index contributed by atoms with van der Waals surface area (Å²) in [5, 5.41) is 9.50. The van der Waals surface area contributed by atoms with E-state index in [4.69, 9.17) is 0 Å². The molecule has 2 aromatic rings. The maximum Gasteiger partial charge on any atom is 0.356 e. The summed E-state index contributed by atoms with van der Waals surface area (Å²) in [5.74, 6) is 0.908. The van der Waals surface area contributed by atoms with E-state index in [-0.39, 0.29) is 5.69 Å². The molecule has 0 aliphatic carbocycles. The number of nitrogens with zero attached hydrogens (tertiary/aromatic N) is 3. The maximum atomic E-state index is 11.6. The second-order valence-electron chi connectivity index (χ2n) is 5.76. The highest BCUT2D eigenvalue weighted by Gasteiger charge is 2.30. The van der Waals surface area contributed by atoms with Crippen LogP contribution in [0.4, 0.5) is 5.82 Å². The summed E-state index contributed by atoms with van der Waals surface area (Å²) in [4.78, 5) is 18.2. The molecule has 1 N–H and O–H groups in total. The van der Waals surface area contributed by atoms with Crippen LogP contribution in [0.3, 0.4) is 0 Å². The van der Waals surface area contributed by atoms with Gasteiger partial charge in [-0.2, -0.15) is 0 Å². The van der Waals surface area contributed by atoms with Crippen LogP contribution in [0.25, 0.3) is 5.65 Å². The van der Waals surface area contributed by atoms with Gasteiger partial charge in [-0.15, -0.1) is 0 Å². The van der Waals surface area contributed by atoms with Crippen molar-refractivity contribution in [3.05, 3.63) is 30.1 Å². The summed E-state index contributed by atoms with van der Waals surface area (Å²) in [6, 6.07) is 5.54. The topological polar surface area (TPSA) is 57.8 Å². The Morgan fingerprint density at radius 3 is 2.90 bits per heavy atom. The summed E-state index contributed by atoms with van der Waals surface area (Å²) in [7, 11) is 0. The van der Waals surface area contributed by atoms with Gasteiger partial charge in [-0.1, -0.05) is 19.9 Å². The molecule has 1 fully saturated rings. The van der Waals surface area contributed by atoms with Gasteiger partial charge >= 0.3 is 5.97 Å². The van der Waals surface area contributed by atoms with E-state index in [1.54, 1.807) is 10.6 Å². The SMILES string of the molecule is CC(C)C1CCN(c2nc3ccccn3c2C(=O)O)C1. The van der Waals surface area contributed by atoms with Gasteiger partial charge in [-0.3, -0.25) is 4.40 Å². The zero-order valence-corrected chi connectivity index (χ0v) is 11.8. The van der Waals surface area contributed by atoms with Crippen molar-refractivity contribution in [1.82, 2.24) is 9.38 Å². The van der Waals surface area contributed by atoms with Crippen molar-refractivity contribution in [2.75, 3.05) is 18.0 Å². The van der Waals surface area contributed by atoms with Crippen molar-refractivity contribution >= 4 is 17.4 Å². The van der Waals surface area contributed by atoms with E-state index in [9.17, 15) is 9.90 Å². The Morgan fingerprint density at radius 2 is 2.25 bits per heavy atom. The lowest BCUT2D eigenvalue weighted by molar-refractivity contribution is 0.0690. The second-order valence-corrected chi connectivity index (χ2v) is 5.76. The third kappa shape index (κ3) is 2.03. The fourth-order valence-electron chi connectivity index (χ4n) is 2.93. The molecule has 3 rings (SSSR count). The molecule has 0 amide bonds. The van der Waals surface area contributed by atoms with Gasteiger partial charge in [0.15, 0.2) is 11.5 Å². The van der Waals surface area contributed by atoms with Crippen LogP contribution in [0.5, 0.6) is 0 Å². The molecule has 3 heterocycles. The molecule has 1 saturated heterocycles. The Balaban J connectivity index is 2.03. The molecule has 2 aromatic heterocycles. The Kier molecular flexibility index (Phi) is 3.12. The number of carbonyl (C=O) groups is 1. The highest BCUT2D eigenvalue weighted by atomic mass is 16.4. The normalized spacial score (nSPS) is 19.1. The molecule has 1 aliphatic heterocycles. The van der Waals surface area contributed by atoms with Crippen LogP contribution in [0.2, 0.25) is 0 Å². The predicted octanol–water partition coefficient (Wildman–Crippen LogP) is 2.51. The first-order valence-corrected chi connectivity index (χ1v) is 7.03. The summed E-state index contributed by atoms with van der Waals surface area (Å²) in [5.41, 5.74) is 0.956. The molecular formula is C15H19N3O2. The molecule has 0 radical (unpaired) electrons. The molecule has 5 nitrogen and oxygen atoms in total. The van der Waals surface area contributed by atoms with E-state index in [1.165, 1.54) is 0 Å². The van der Waals surface area contributed by atoms with Gasteiger partial charge in [-0.05, 0) is 30.4 Å². The smallest absolute Gasteiger partial charge is 0.356 e. The Labute approximate surface area is 117 Å². The van der Waals surface area contributed by atoms with E-state index in [2.05, 4.69) is 23.7 Å². The van der Waals surface area contributed by atoms with Crippen LogP contribution in [0, 0.1) is 11.8 Å². The number of carboxylic acids is 1. The number of anilines is 1. The van der Waals surface area contributed by atoms with Gasteiger partial charge in [0.25, 0.3) is 0 Å². The average Bonchev–Trinajstić information content (AvgIpc) is 3.02. The van der Waals surface area contributed by atoms with Crippen molar-refractivity contribution in [2.45, 2.75) is 20.3 Å². The van der Waals surface area contributed by atoms with Crippen molar-refractivity contribution in [1.29, 1.82) is 0 Å². The molecule has 1 unspecified atom stereocenters. The van der Waals surface area contributed by atoms with Crippen LogP contribution in [0.1, 0.15) is 30.8 Å². The fraction of sp³-hybridized carbons (Fsp3) is 0.467. The number of pyridine rings is 1. The number of aromatic nitrogens is 2. The Morgan fingerprint density at radius 1 is 1.45 bits per heavy atom. The number of carboxylic acid groups (broad SMARTS) is 1. The minimum atomic E-state index is -0.924. The standard InChI is InChI=1S/C15H19N3O2/c1-10(2)11-6-8-17(9-11)14-13(15(19)20)18-7-4-3-5-12(18)16-14/h3-5,7,10-11H,6,8-9H2,1-2H3,(H,19,20). The lowest BCUT2D eigenvalue weighted by Crippen LogP contribution is -2.23. The zero-order valence-electron chi connectivity index (χ0n) is 11.8. The number of hydrogen-bond donors (Lipinski definition) is 1. The van der Waals surface area contributed by atoms with E-state index < -0.39 is 5.97 Å². The molecular weight excluding hydrogens is 254 g/mol. The summed E-state index contributed by atoms with van der Waals surface area (Å²) in [6.07, 6.45) is 2.86. The van der Waals surface area contributed by atoms with Crippen molar-refractivity contribution in [2.24, 2.45) is 11.8 Å². The van der Waals surface area contributed by atoms with Crippen molar-refractivity contribution in [3.63, 3.8) is 0 Å². The number of hydrogen-bond acceptors (Lipinski definition) is 3. The largest absolute Gasteiger partial charge is 0.476 e. The summed E-state index contributed by atoms with van der Waals surface area (Å²) >= 11 is 0. The molecule has 0 aromatic carbocycles. The van der Waals surface area contributed by atoms with E-state index in [1.807, 2.05) is 18.2 Å². The highest BCUT2D eigenvalue weighted by molar-refractivity contribution is 5.93. The van der Waals surface area contributed by atoms with Crippen LogP contribution >= 0.6 is 0 Å². The lowest BCUT2D eigenvalue weighted by atomic mass is 9.95. The maximum absolute atomic E-state index is 11.6. The number of aromatic carboxylic acids is 1. The number of rotatable bonds is 3. The Hall–Kier alpha value is -2.04. The molecule has 0 saturated carbocycles. The fourth-order valence-corrected chi connectivity index (χ4v) is 2.93. The van der Waals surface area contributed by atoms with Gasteiger partial charge in [0.05, 0.1) is 0 Å². The Bertz CT molecular complexity index is 648. The summed E-state index contributed by atoms with van der Waals surface area (Å²) < 4.78 is 1.65. The first-order chi connectivity index (χ1) is 9.58. The van der Waals surface area contributed by atoms with Crippen LogP contribution in [-0.2, 0) is 0 Å². The summed E-state index contributed by atoms with van der Waals surface area (Å²) in [6.45, 7) is 6.21. The molecule has 20 heavy (non-hydrogen) atoms. The van der Waals surface area contributed by atoms with Gasteiger partial charge < -0.3 is 10.0 Å². The van der Waals surface area contributed by atoms with Crippen LogP contribution < -0.4 is 4.90 Å². The van der Waals surface area contributed by atoms with Gasteiger partial charge in [0.1, 0.15) is 5.65 Å². The molecule has 1 aliphatic rings. The van der Waals surface area contributed by atoms with Crippen molar-refractivity contribution in [3.8, 4) is 0 Å². The number of fused-ring (bicyclic) bond motifs is 1. The molecule has 1 atom stereocenters. The minimum Gasteiger partial charge on any atom is -0.476 e. The third-order valence-electron chi connectivity index (χ3n) is 4.18. The third-order valence-corrected chi connectivity index (χ3v) is 4.18. The first-order valence-electron chi connectivity index (χ1n) is 7.03. The average molecular weight is 273 g/mol.